The van der Waals surface area contributed by atoms with E-state index in [1.807, 2.05) is 7.05 Å². The van der Waals surface area contributed by atoms with Gasteiger partial charge in [0, 0.05) is 12.7 Å². The summed E-state index contributed by atoms with van der Waals surface area (Å²) in [5.41, 5.74) is 2.89. The van der Waals surface area contributed by atoms with E-state index in [0.29, 0.717) is 5.92 Å². The summed E-state index contributed by atoms with van der Waals surface area (Å²) in [6, 6.07) is 0. The average molecular weight is 151 g/mol. The monoisotopic (exact) mass is 151 g/mol. The minimum atomic E-state index is 0.683. The Morgan fingerprint density at radius 3 is 2.64 bits per heavy atom. The molecule has 1 nitrogen and oxygen atoms in total. The van der Waals surface area contributed by atoms with E-state index in [2.05, 4.69) is 31.3 Å². The third-order valence-corrected chi connectivity index (χ3v) is 2.18. The third kappa shape index (κ3) is 1.86. The second kappa shape index (κ2) is 3.61. The topological polar surface area (TPSA) is 12.0 Å². The normalized spacial score (nSPS) is 17.8. The molecule has 0 spiro atoms. The van der Waals surface area contributed by atoms with Crippen LogP contribution in [0.25, 0.3) is 0 Å². The molecule has 0 atom stereocenters. The summed E-state index contributed by atoms with van der Waals surface area (Å²) in [5.74, 6) is 0.683. The second-order valence-electron chi connectivity index (χ2n) is 3.28. The van der Waals surface area contributed by atoms with Gasteiger partial charge in [0.15, 0.2) is 0 Å². The molecule has 0 saturated carbocycles. The maximum atomic E-state index is 3.23. The van der Waals surface area contributed by atoms with Gasteiger partial charge in [0.2, 0.25) is 0 Å². The first kappa shape index (κ1) is 8.38. The SMILES string of the molecule is CNC1=C(C(C)C)CCC=C1. The fourth-order valence-electron chi connectivity index (χ4n) is 1.53. The molecule has 0 bridgehead atoms. The Morgan fingerprint density at radius 1 is 1.45 bits per heavy atom. The lowest BCUT2D eigenvalue weighted by Crippen LogP contribution is -2.12. The molecule has 0 unspecified atom stereocenters. The molecule has 0 aliphatic heterocycles. The minimum Gasteiger partial charge on any atom is -0.388 e. The zero-order valence-electron chi connectivity index (χ0n) is 7.65. The Labute approximate surface area is 69.2 Å². The predicted molar refractivity (Wildman–Crippen MR) is 49.3 cm³/mol. The maximum Gasteiger partial charge on any atom is 0.0328 e. The van der Waals surface area contributed by atoms with Crippen LogP contribution in [0.1, 0.15) is 26.7 Å². The smallest absolute Gasteiger partial charge is 0.0328 e. The number of rotatable bonds is 2. The molecule has 0 aromatic rings. The zero-order chi connectivity index (χ0) is 8.27. The first-order chi connectivity index (χ1) is 5.25. The lowest BCUT2D eigenvalue weighted by atomic mass is 9.93. The van der Waals surface area contributed by atoms with Gasteiger partial charge in [-0.15, -0.1) is 0 Å². The van der Waals surface area contributed by atoms with Crippen LogP contribution in [0.4, 0.5) is 0 Å². The van der Waals surface area contributed by atoms with Crippen LogP contribution in [-0.2, 0) is 0 Å². The zero-order valence-corrected chi connectivity index (χ0v) is 7.65. The third-order valence-electron chi connectivity index (χ3n) is 2.18. The molecule has 0 saturated heterocycles. The molecule has 0 aromatic carbocycles. The molecular weight excluding hydrogens is 134 g/mol. The van der Waals surface area contributed by atoms with Gasteiger partial charge in [-0.05, 0) is 30.4 Å². The van der Waals surface area contributed by atoms with E-state index in [-0.39, 0.29) is 0 Å². The molecule has 0 fully saturated rings. The van der Waals surface area contributed by atoms with Crippen LogP contribution in [0.15, 0.2) is 23.4 Å². The van der Waals surface area contributed by atoms with Gasteiger partial charge in [0.05, 0.1) is 0 Å². The number of nitrogens with one attached hydrogen (secondary N) is 1. The van der Waals surface area contributed by atoms with E-state index in [9.17, 15) is 0 Å². The number of hydrogen-bond donors (Lipinski definition) is 1. The summed E-state index contributed by atoms with van der Waals surface area (Å²) >= 11 is 0. The van der Waals surface area contributed by atoms with Crippen molar-refractivity contribution in [2.45, 2.75) is 26.7 Å². The molecular formula is C10H17N. The average Bonchev–Trinajstić information content (AvgIpc) is 2.04. The van der Waals surface area contributed by atoms with Crippen LogP contribution in [0.2, 0.25) is 0 Å². The fourth-order valence-corrected chi connectivity index (χ4v) is 1.53. The second-order valence-corrected chi connectivity index (χ2v) is 3.28. The molecule has 1 aliphatic rings. The van der Waals surface area contributed by atoms with Gasteiger partial charge in [-0.25, -0.2) is 0 Å². The number of allylic oxidation sites excluding steroid dienone is 3. The highest BCUT2D eigenvalue weighted by Gasteiger charge is 2.09. The highest BCUT2D eigenvalue weighted by molar-refractivity contribution is 5.28. The molecule has 62 valence electrons. The van der Waals surface area contributed by atoms with Crippen molar-refractivity contribution in [1.29, 1.82) is 0 Å². The fraction of sp³-hybridized carbons (Fsp3) is 0.600. The molecule has 1 aliphatic carbocycles. The van der Waals surface area contributed by atoms with Gasteiger partial charge in [0.1, 0.15) is 0 Å². The first-order valence-electron chi connectivity index (χ1n) is 4.33. The molecule has 11 heavy (non-hydrogen) atoms. The predicted octanol–water partition coefficient (Wildman–Crippen LogP) is 2.47. The van der Waals surface area contributed by atoms with Gasteiger partial charge in [-0.2, -0.15) is 0 Å². The van der Waals surface area contributed by atoms with Crippen molar-refractivity contribution in [3.8, 4) is 0 Å². The van der Waals surface area contributed by atoms with Crippen LogP contribution in [-0.4, -0.2) is 7.05 Å². The Bertz CT molecular complexity index is 187. The van der Waals surface area contributed by atoms with E-state index >= 15 is 0 Å². The quantitative estimate of drug-likeness (QED) is 0.639. The van der Waals surface area contributed by atoms with E-state index in [1.165, 1.54) is 18.5 Å². The molecule has 1 rings (SSSR count). The first-order valence-corrected chi connectivity index (χ1v) is 4.33. The van der Waals surface area contributed by atoms with Crippen LogP contribution in [0.3, 0.4) is 0 Å². The van der Waals surface area contributed by atoms with Crippen LogP contribution in [0.5, 0.6) is 0 Å². The molecule has 1 heteroatoms. The van der Waals surface area contributed by atoms with Crippen molar-refractivity contribution >= 4 is 0 Å². The van der Waals surface area contributed by atoms with Crippen molar-refractivity contribution in [3.63, 3.8) is 0 Å². The lowest BCUT2D eigenvalue weighted by molar-refractivity contribution is 0.685. The highest BCUT2D eigenvalue weighted by Crippen LogP contribution is 2.23. The summed E-state index contributed by atoms with van der Waals surface area (Å²) in [5, 5.41) is 3.23. The lowest BCUT2D eigenvalue weighted by Gasteiger charge is -2.18. The van der Waals surface area contributed by atoms with Crippen molar-refractivity contribution < 1.29 is 0 Å². The van der Waals surface area contributed by atoms with Gasteiger partial charge in [-0.3, -0.25) is 0 Å². The van der Waals surface area contributed by atoms with E-state index < -0.39 is 0 Å². The molecule has 0 radical (unpaired) electrons. The molecule has 0 heterocycles. The van der Waals surface area contributed by atoms with Gasteiger partial charge >= 0.3 is 0 Å². The van der Waals surface area contributed by atoms with E-state index in [4.69, 9.17) is 0 Å². The standard InChI is InChI=1S/C10H17N/c1-8(2)9-6-4-5-7-10(9)11-3/h5,7-8,11H,4,6H2,1-3H3. The highest BCUT2D eigenvalue weighted by atomic mass is 14.8. The van der Waals surface area contributed by atoms with Crippen molar-refractivity contribution in [2.24, 2.45) is 5.92 Å². The van der Waals surface area contributed by atoms with E-state index in [0.717, 1.165) is 0 Å². The summed E-state index contributed by atoms with van der Waals surface area (Å²) in [4.78, 5) is 0. The Morgan fingerprint density at radius 2 is 2.18 bits per heavy atom. The molecule has 0 aromatic heterocycles. The summed E-state index contributed by atoms with van der Waals surface area (Å²) in [6.45, 7) is 4.51. The van der Waals surface area contributed by atoms with Gasteiger partial charge in [0.25, 0.3) is 0 Å². The summed E-state index contributed by atoms with van der Waals surface area (Å²) in [7, 11) is 1.99. The van der Waals surface area contributed by atoms with Crippen LogP contribution >= 0.6 is 0 Å². The largest absolute Gasteiger partial charge is 0.388 e. The van der Waals surface area contributed by atoms with Gasteiger partial charge in [-0.1, -0.05) is 19.9 Å². The van der Waals surface area contributed by atoms with Crippen molar-refractivity contribution in [1.82, 2.24) is 5.32 Å². The van der Waals surface area contributed by atoms with E-state index in [1.54, 1.807) is 5.57 Å². The van der Waals surface area contributed by atoms with Crippen LogP contribution < -0.4 is 5.32 Å². The van der Waals surface area contributed by atoms with Crippen molar-refractivity contribution in [3.05, 3.63) is 23.4 Å². The van der Waals surface area contributed by atoms with Gasteiger partial charge < -0.3 is 5.32 Å². The number of hydrogen-bond acceptors (Lipinski definition) is 1. The van der Waals surface area contributed by atoms with Crippen molar-refractivity contribution in [2.75, 3.05) is 7.05 Å². The maximum absolute atomic E-state index is 3.23. The molecule has 0 amide bonds. The Kier molecular flexibility index (Phi) is 2.75. The Balaban J connectivity index is 2.82. The Hall–Kier alpha value is -0.720. The van der Waals surface area contributed by atoms with Crippen LogP contribution in [0, 0.1) is 5.92 Å². The summed E-state index contributed by atoms with van der Waals surface area (Å²) in [6.07, 6.45) is 6.86. The molecule has 1 N–H and O–H groups in total. The minimum absolute atomic E-state index is 0.683. The number of likely N-dealkylation sites (N-methyl/N-ethyl adjacent to an activating group) is 1. The summed E-state index contributed by atoms with van der Waals surface area (Å²) < 4.78 is 0.